The fourth-order valence-corrected chi connectivity index (χ4v) is 3.45. The molecule has 162 valence electrons. The minimum Gasteiger partial charge on any atom is -0.490 e. The Hall–Kier alpha value is -2.67. The van der Waals surface area contributed by atoms with E-state index in [4.69, 9.17) is 44.3 Å². The minimum atomic E-state index is -0.435. The molecule has 0 amide bonds. The van der Waals surface area contributed by atoms with Crippen LogP contribution in [0, 0.1) is 10.1 Å². The fourth-order valence-electron chi connectivity index (χ4n) is 2.84. The van der Waals surface area contributed by atoms with Gasteiger partial charge in [0.25, 0.3) is 5.69 Å². The molecule has 0 aliphatic carbocycles. The van der Waals surface area contributed by atoms with Crippen molar-refractivity contribution in [3.63, 3.8) is 0 Å². The Bertz CT molecular complexity index is 1090. The fraction of sp³-hybridized carbons (Fsp3) is 0.182. The maximum absolute atomic E-state index is 10.9. The molecular weight excluding hydrogens is 463 g/mol. The van der Waals surface area contributed by atoms with Crippen molar-refractivity contribution in [3.8, 4) is 11.5 Å². The van der Waals surface area contributed by atoms with E-state index in [2.05, 4.69) is 5.32 Å². The zero-order valence-corrected chi connectivity index (χ0v) is 18.8. The molecule has 0 aliphatic rings. The molecule has 3 rings (SSSR count). The highest BCUT2D eigenvalue weighted by molar-refractivity contribution is 6.42. The first kappa shape index (κ1) is 23.0. The van der Waals surface area contributed by atoms with Crippen molar-refractivity contribution in [2.24, 2.45) is 0 Å². The molecule has 0 atom stereocenters. The maximum atomic E-state index is 10.9. The van der Waals surface area contributed by atoms with Crippen LogP contribution in [0.15, 0.2) is 54.6 Å². The van der Waals surface area contributed by atoms with E-state index in [0.717, 1.165) is 11.1 Å². The second-order valence-electron chi connectivity index (χ2n) is 6.54. The van der Waals surface area contributed by atoms with Gasteiger partial charge in [-0.25, -0.2) is 0 Å². The van der Waals surface area contributed by atoms with Gasteiger partial charge in [-0.3, -0.25) is 10.1 Å². The standard InChI is InChI=1S/C22H19Cl3N2O4/c1-2-30-21-10-15(12-26-16-4-3-5-17(11-16)27(28)29)9-20(25)22(21)31-13-14-6-7-18(23)19(24)8-14/h3-11,26H,2,12-13H2,1H3. The molecule has 0 spiro atoms. The number of halogens is 3. The van der Waals surface area contributed by atoms with Gasteiger partial charge < -0.3 is 14.8 Å². The zero-order chi connectivity index (χ0) is 22.4. The quantitative estimate of drug-likeness (QED) is 0.259. The third-order valence-electron chi connectivity index (χ3n) is 4.29. The van der Waals surface area contributed by atoms with Crippen molar-refractivity contribution in [1.82, 2.24) is 0 Å². The van der Waals surface area contributed by atoms with Crippen molar-refractivity contribution in [3.05, 3.63) is 90.9 Å². The van der Waals surface area contributed by atoms with Crippen LogP contribution in [-0.2, 0) is 13.2 Å². The Morgan fingerprint density at radius 1 is 0.935 bits per heavy atom. The average Bonchev–Trinajstić information content (AvgIpc) is 2.74. The van der Waals surface area contributed by atoms with Gasteiger partial charge in [-0.05, 0) is 48.4 Å². The highest BCUT2D eigenvalue weighted by Crippen LogP contribution is 2.38. The third kappa shape index (κ3) is 6.17. The first-order valence-electron chi connectivity index (χ1n) is 9.37. The summed E-state index contributed by atoms with van der Waals surface area (Å²) in [4.78, 5) is 10.5. The molecule has 0 radical (unpaired) electrons. The summed E-state index contributed by atoms with van der Waals surface area (Å²) >= 11 is 18.5. The van der Waals surface area contributed by atoms with Crippen LogP contribution in [0.4, 0.5) is 11.4 Å². The molecule has 3 aromatic rings. The first-order valence-corrected chi connectivity index (χ1v) is 10.5. The Morgan fingerprint density at radius 3 is 2.42 bits per heavy atom. The Balaban J connectivity index is 1.75. The van der Waals surface area contributed by atoms with Crippen LogP contribution in [0.2, 0.25) is 15.1 Å². The summed E-state index contributed by atoms with van der Waals surface area (Å²) in [5, 5.41) is 15.4. The molecule has 0 fully saturated rings. The number of anilines is 1. The minimum absolute atomic E-state index is 0.0177. The number of benzene rings is 3. The SMILES string of the molecule is CCOc1cc(CNc2cccc([N+](=O)[O-])c2)cc(Cl)c1OCc1ccc(Cl)c(Cl)c1. The van der Waals surface area contributed by atoms with Gasteiger partial charge in [0.2, 0.25) is 0 Å². The lowest BCUT2D eigenvalue weighted by Gasteiger charge is -2.16. The molecule has 1 N–H and O–H groups in total. The van der Waals surface area contributed by atoms with E-state index in [-0.39, 0.29) is 12.3 Å². The molecule has 0 unspecified atom stereocenters. The Labute approximate surface area is 194 Å². The second-order valence-corrected chi connectivity index (χ2v) is 7.76. The van der Waals surface area contributed by atoms with E-state index >= 15 is 0 Å². The van der Waals surface area contributed by atoms with Crippen molar-refractivity contribution in [1.29, 1.82) is 0 Å². The van der Waals surface area contributed by atoms with Crippen LogP contribution in [0.1, 0.15) is 18.1 Å². The highest BCUT2D eigenvalue weighted by Gasteiger charge is 2.14. The molecule has 3 aromatic carbocycles. The molecule has 9 heteroatoms. The van der Waals surface area contributed by atoms with Gasteiger partial charge >= 0.3 is 0 Å². The van der Waals surface area contributed by atoms with Crippen LogP contribution >= 0.6 is 34.8 Å². The third-order valence-corrected chi connectivity index (χ3v) is 5.31. The van der Waals surface area contributed by atoms with Crippen LogP contribution < -0.4 is 14.8 Å². The monoisotopic (exact) mass is 480 g/mol. The summed E-state index contributed by atoms with van der Waals surface area (Å²) < 4.78 is 11.6. The molecule has 0 saturated carbocycles. The molecule has 0 saturated heterocycles. The lowest BCUT2D eigenvalue weighted by Crippen LogP contribution is -2.04. The van der Waals surface area contributed by atoms with Gasteiger partial charge in [-0.15, -0.1) is 0 Å². The summed E-state index contributed by atoms with van der Waals surface area (Å²) in [7, 11) is 0. The largest absolute Gasteiger partial charge is 0.490 e. The highest BCUT2D eigenvalue weighted by atomic mass is 35.5. The molecule has 6 nitrogen and oxygen atoms in total. The van der Waals surface area contributed by atoms with E-state index in [0.29, 0.717) is 45.4 Å². The molecule has 0 bridgehead atoms. The summed E-state index contributed by atoms with van der Waals surface area (Å²) in [6.45, 7) is 2.93. The average molecular weight is 482 g/mol. The smallest absolute Gasteiger partial charge is 0.271 e. The normalized spacial score (nSPS) is 10.6. The predicted octanol–water partition coefficient (Wildman–Crippen LogP) is 7.14. The van der Waals surface area contributed by atoms with Crippen LogP contribution in [-0.4, -0.2) is 11.5 Å². The number of hydrogen-bond donors (Lipinski definition) is 1. The topological polar surface area (TPSA) is 73.6 Å². The van der Waals surface area contributed by atoms with Gasteiger partial charge in [0.15, 0.2) is 11.5 Å². The number of nitro benzene ring substituents is 1. The van der Waals surface area contributed by atoms with Crippen LogP contribution in [0.3, 0.4) is 0 Å². The van der Waals surface area contributed by atoms with E-state index in [9.17, 15) is 10.1 Å². The summed E-state index contributed by atoms with van der Waals surface area (Å²) in [5.74, 6) is 0.930. The van der Waals surface area contributed by atoms with E-state index < -0.39 is 4.92 Å². The van der Waals surface area contributed by atoms with Crippen molar-refractivity contribution < 1.29 is 14.4 Å². The summed E-state index contributed by atoms with van der Waals surface area (Å²) in [5.41, 5.74) is 2.32. The number of rotatable bonds is 9. The number of nitrogens with zero attached hydrogens (tertiary/aromatic N) is 1. The van der Waals surface area contributed by atoms with Gasteiger partial charge in [-0.1, -0.05) is 46.9 Å². The second kappa shape index (κ2) is 10.6. The molecule has 0 aromatic heterocycles. The molecule has 0 aliphatic heterocycles. The lowest BCUT2D eigenvalue weighted by molar-refractivity contribution is -0.384. The number of nitro groups is 1. The van der Waals surface area contributed by atoms with E-state index in [1.165, 1.54) is 12.1 Å². The summed E-state index contributed by atoms with van der Waals surface area (Å²) in [6.07, 6.45) is 0. The van der Waals surface area contributed by atoms with Crippen molar-refractivity contribution >= 4 is 46.2 Å². The predicted molar refractivity (Wildman–Crippen MR) is 124 cm³/mol. The number of non-ortho nitro benzene ring substituents is 1. The van der Waals surface area contributed by atoms with Crippen LogP contribution in [0.25, 0.3) is 0 Å². The maximum Gasteiger partial charge on any atom is 0.271 e. The van der Waals surface area contributed by atoms with E-state index in [1.54, 1.807) is 30.3 Å². The Kier molecular flexibility index (Phi) is 7.85. The van der Waals surface area contributed by atoms with Crippen LogP contribution in [0.5, 0.6) is 11.5 Å². The number of ether oxygens (including phenoxy) is 2. The van der Waals surface area contributed by atoms with Gasteiger partial charge in [0, 0.05) is 24.4 Å². The van der Waals surface area contributed by atoms with E-state index in [1.807, 2.05) is 19.1 Å². The lowest BCUT2D eigenvalue weighted by atomic mass is 10.2. The van der Waals surface area contributed by atoms with Crippen molar-refractivity contribution in [2.75, 3.05) is 11.9 Å². The Morgan fingerprint density at radius 2 is 1.71 bits per heavy atom. The molecular formula is C22H19Cl3N2O4. The van der Waals surface area contributed by atoms with Gasteiger partial charge in [0.1, 0.15) is 6.61 Å². The van der Waals surface area contributed by atoms with Crippen molar-refractivity contribution in [2.45, 2.75) is 20.1 Å². The molecule has 0 heterocycles. The summed E-state index contributed by atoms with van der Waals surface area (Å²) in [6, 6.07) is 15.1. The van der Waals surface area contributed by atoms with Gasteiger partial charge in [0.05, 0.1) is 26.6 Å². The zero-order valence-electron chi connectivity index (χ0n) is 16.5. The molecule has 31 heavy (non-hydrogen) atoms. The number of nitrogens with one attached hydrogen (secondary N) is 1. The number of hydrogen-bond acceptors (Lipinski definition) is 5. The first-order chi connectivity index (χ1) is 14.9. The van der Waals surface area contributed by atoms with Gasteiger partial charge in [-0.2, -0.15) is 0 Å².